The SMILES string of the molecule is O=C(C(=O)C1CO1)c1ccc(Sc2ccccc2)cc1. The summed E-state index contributed by atoms with van der Waals surface area (Å²) in [5.74, 6) is -0.919. The molecule has 0 radical (unpaired) electrons. The van der Waals surface area contributed by atoms with E-state index in [1.807, 2.05) is 42.5 Å². The molecule has 100 valence electrons. The summed E-state index contributed by atoms with van der Waals surface area (Å²) in [6.45, 7) is 0.368. The Labute approximate surface area is 121 Å². The van der Waals surface area contributed by atoms with Gasteiger partial charge in [0.1, 0.15) is 6.10 Å². The second kappa shape index (κ2) is 5.61. The molecule has 0 aromatic heterocycles. The van der Waals surface area contributed by atoms with E-state index in [1.54, 1.807) is 23.9 Å². The Kier molecular flexibility index (Phi) is 3.67. The Hall–Kier alpha value is -1.91. The van der Waals surface area contributed by atoms with Crippen molar-refractivity contribution in [2.45, 2.75) is 15.9 Å². The molecule has 3 nitrogen and oxygen atoms in total. The number of epoxide rings is 1. The highest BCUT2D eigenvalue weighted by molar-refractivity contribution is 7.99. The molecule has 1 fully saturated rings. The van der Waals surface area contributed by atoms with E-state index < -0.39 is 17.7 Å². The lowest BCUT2D eigenvalue weighted by Crippen LogP contribution is -2.19. The molecule has 1 unspecified atom stereocenters. The van der Waals surface area contributed by atoms with Gasteiger partial charge in [0.2, 0.25) is 11.6 Å². The fourth-order valence-electron chi connectivity index (χ4n) is 1.79. The number of ketones is 2. The van der Waals surface area contributed by atoms with E-state index in [2.05, 4.69) is 0 Å². The number of hydrogen-bond donors (Lipinski definition) is 0. The number of Topliss-reactive ketones (excluding diaryl/α,β-unsaturated/α-hetero) is 2. The smallest absolute Gasteiger partial charge is 0.234 e. The third-order valence-corrected chi connectivity index (χ3v) is 3.96. The predicted octanol–water partition coefficient (Wildman–Crippen LogP) is 2.99. The molecule has 1 saturated heterocycles. The predicted molar refractivity (Wildman–Crippen MR) is 76.1 cm³/mol. The lowest BCUT2D eigenvalue weighted by atomic mass is 10.1. The Balaban J connectivity index is 1.71. The molecule has 3 rings (SSSR count). The van der Waals surface area contributed by atoms with Crippen molar-refractivity contribution in [1.82, 2.24) is 0 Å². The zero-order valence-corrected chi connectivity index (χ0v) is 11.4. The van der Waals surface area contributed by atoms with Gasteiger partial charge in [-0.2, -0.15) is 0 Å². The number of carbonyl (C=O) groups is 2. The minimum Gasteiger partial charge on any atom is -0.364 e. The number of hydrogen-bond acceptors (Lipinski definition) is 4. The number of rotatable bonds is 5. The molecule has 4 heteroatoms. The summed E-state index contributed by atoms with van der Waals surface area (Å²) < 4.78 is 4.84. The van der Waals surface area contributed by atoms with E-state index in [9.17, 15) is 9.59 Å². The van der Waals surface area contributed by atoms with Gasteiger partial charge in [0.05, 0.1) is 6.61 Å². The van der Waals surface area contributed by atoms with Crippen LogP contribution >= 0.6 is 11.8 Å². The van der Waals surface area contributed by atoms with Crippen molar-refractivity contribution in [2.24, 2.45) is 0 Å². The van der Waals surface area contributed by atoms with Gasteiger partial charge in [-0.3, -0.25) is 9.59 Å². The van der Waals surface area contributed by atoms with Crippen molar-refractivity contribution in [2.75, 3.05) is 6.61 Å². The summed E-state index contributed by atoms with van der Waals surface area (Å²) in [6.07, 6.45) is -0.513. The van der Waals surface area contributed by atoms with E-state index in [0.29, 0.717) is 12.2 Å². The van der Waals surface area contributed by atoms with Gasteiger partial charge in [-0.1, -0.05) is 30.0 Å². The van der Waals surface area contributed by atoms with Crippen LogP contribution in [0.5, 0.6) is 0 Å². The van der Waals surface area contributed by atoms with Crippen molar-refractivity contribution >= 4 is 23.3 Å². The first-order valence-corrected chi connectivity index (χ1v) is 7.09. The van der Waals surface area contributed by atoms with Crippen LogP contribution in [0.4, 0.5) is 0 Å². The molecule has 0 spiro atoms. The molecule has 2 aromatic carbocycles. The molecule has 1 heterocycles. The minimum atomic E-state index is -0.513. The molecule has 0 N–H and O–H groups in total. The van der Waals surface area contributed by atoms with Crippen LogP contribution in [0, 0.1) is 0 Å². The summed E-state index contributed by atoms with van der Waals surface area (Å²) >= 11 is 1.61. The second-order valence-electron chi connectivity index (χ2n) is 4.45. The van der Waals surface area contributed by atoms with Gasteiger partial charge >= 0.3 is 0 Å². The summed E-state index contributed by atoms with van der Waals surface area (Å²) in [4.78, 5) is 25.6. The van der Waals surface area contributed by atoms with Gasteiger partial charge in [-0.15, -0.1) is 0 Å². The molecule has 1 aliphatic heterocycles. The summed E-state index contributed by atoms with van der Waals surface area (Å²) in [5.41, 5.74) is 0.419. The van der Waals surface area contributed by atoms with Crippen LogP contribution in [0.3, 0.4) is 0 Å². The molecule has 0 bridgehead atoms. The minimum absolute atomic E-state index is 0.368. The standard InChI is InChI=1S/C16H12O3S/c17-15(16(18)14-10-19-14)11-6-8-13(9-7-11)20-12-4-2-1-3-5-12/h1-9,14H,10H2. The maximum Gasteiger partial charge on any atom is 0.234 e. The maximum absolute atomic E-state index is 11.9. The first-order chi connectivity index (χ1) is 9.74. The van der Waals surface area contributed by atoms with Gasteiger partial charge in [0, 0.05) is 15.4 Å². The van der Waals surface area contributed by atoms with E-state index in [0.717, 1.165) is 9.79 Å². The van der Waals surface area contributed by atoms with Crippen molar-refractivity contribution in [3.8, 4) is 0 Å². The van der Waals surface area contributed by atoms with Gasteiger partial charge in [-0.25, -0.2) is 0 Å². The Bertz CT molecular complexity index is 631. The Morgan fingerprint density at radius 2 is 1.55 bits per heavy atom. The first-order valence-electron chi connectivity index (χ1n) is 6.27. The molecule has 0 aliphatic carbocycles. The average Bonchev–Trinajstić information content (AvgIpc) is 3.32. The highest BCUT2D eigenvalue weighted by Gasteiger charge is 2.36. The first kappa shape index (κ1) is 13.1. The monoisotopic (exact) mass is 284 g/mol. The van der Waals surface area contributed by atoms with Crippen molar-refractivity contribution < 1.29 is 14.3 Å². The van der Waals surface area contributed by atoms with E-state index in [-0.39, 0.29) is 0 Å². The molecular weight excluding hydrogens is 272 g/mol. The van der Waals surface area contributed by atoms with E-state index >= 15 is 0 Å². The Morgan fingerprint density at radius 3 is 2.15 bits per heavy atom. The number of carbonyl (C=O) groups excluding carboxylic acids is 2. The maximum atomic E-state index is 11.9. The van der Waals surface area contributed by atoms with Crippen LogP contribution < -0.4 is 0 Å². The Morgan fingerprint density at radius 1 is 0.950 bits per heavy atom. The van der Waals surface area contributed by atoms with Crippen LogP contribution in [0.15, 0.2) is 64.4 Å². The summed E-state index contributed by atoms with van der Waals surface area (Å²) in [5, 5.41) is 0. The van der Waals surface area contributed by atoms with Crippen molar-refractivity contribution in [1.29, 1.82) is 0 Å². The zero-order valence-electron chi connectivity index (χ0n) is 10.6. The normalized spacial score (nSPS) is 16.7. The fourth-order valence-corrected chi connectivity index (χ4v) is 2.62. The van der Waals surface area contributed by atoms with Crippen LogP contribution in [0.1, 0.15) is 10.4 Å². The van der Waals surface area contributed by atoms with Crippen LogP contribution in [0.25, 0.3) is 0 Å². The lowest BCUT2D eigenvalue weighted by Gasteiger charge is -2.03. The molecule has 1 atom stereocenters. The highest BCUT2D eigenvalue weighted by atomic mass is 32.2. The molecule has 1 aliphatic rings. The third kappa shape index (κ3) is 2.98. The third-order valence-electron chi connectivity index (χ3n) is 2.94. The molecular formula is C16H12O3S. The van der Waals surface area contributed by atoms with Crippen LogP contribution in [-0.2, 0) is 9.53 Å². The highest BCUT2D eigenvalue weighted by Crippen LogP contribution is 2.27. The second-order valence-corrected chi connectivity index (χ2v) is 5.60. The number of benzene rings is 2. The molecule has 0 amide bonds. The summed E-state index contributed by atoms with van der Waals surface area (Å²) in [7, 11) is 0. The van der Waals surface area contributed by atoms with Gasteiger partial charge in [0.15, 0.2) is 0 Å². The van der Waals surface area contributed by atoms with E-state index in [4.69, 9.17) is 4.74 Å². The van der Waals surface area contributed by atoms with Gasteiger partial charge < -0.3 is 4.74 Å². The molecule has 0 saturated carbocycles. The van der Waals surface area contributed by atoms with Crippen LogP contribution in [-0.4, -0.2) is 24.3 Å². The fraction of sp³-hybridized carbons (Fsp3) is 0.125. The lowest BCUT2D eigenvalue weighted by molar-refractivity contribution is -0.116. The zero-order chi connectivity index (χ0) is 13.9. The quantitative estimate of drug-likeness (QED) is 0.481. The molecule has 20 heavy (non-hydrogen) atoms. The number of ether oxygens (including phenoxy) is 1. The van der Waals surface area contributed by atoms with Gasteiger partial charge in [0.25, 0.3) is 0 Å². The topological polar surface area (TPSA) is 46.7 Å². The average molecular weight is 284 g/mol. The summed E-state index contributed by atoms with van der Waals surface area (Å²) in [6, 6.07) is 17.1. The largest absolute Gasteiger partial charge is 0.364 e. The van der Waals surface area contributed by atoms with Crippen molar-refractivity contribution in [3.63, 3.8) is 0 Å². The van der Waals surface area contributed by atoms with Crippen molar-refractivity contribution in [3.05, 3.63) is 60.2 Å². The van der Waals surface area contributed by atoms with E-state index in [1.165, 1.54) is 0 Å². The molecule has 2 aromatic rings. The van der Waals surface area contributed by atoms with Crippen LogP contribution in [0.2, 0.25) is 0 Å². The van der Waals surface area contributed by atoms with Gasteiger partial charge in [-0.05, 0) is 36.4 Å².